The zero-order valence-corrected chi connectivity index (χ0v) is 20.9. The summed E-state index contributed by atoms with van der Waals surface area (Å²) in [4.78, 5) is 25.3. The van der Waals surface area contributed by atoms with Crippen molar-refractivity contribution in [3.8, 4) is 17.2 Å². The molecule has 1 amide bonds. The third-order valence-electron chi connectivity index (χ3n) is 5.72. The zero-order chi connectivity index (χ0) is 27.3. The van der Waals surface area contributed by atoms with Crippen molar-refractivity contribution in [2.45, 2.75) is 39.3 Å². The molecule has 0 bridgehead atoms. The second-order valence-corrected chi connectivity index (χ2v) is 8.80. The van der Waals surface area contributed by atoms with Crippen LogP contribution in [0.25, 0.3) is 11.0 Å². The van der Waals surface area contributed by atoms with Gasteiger partial charge in [0.25, 0.3) is 11.7 Å². The van der Waals surface area contributed by atoms with E-state index in [1.54, 1.807) is 31.2 Å². The average molecular weight is 526 g/mol. The minimum atomic E-state index is -4.99. The molecule has 0 unspecified atom stereocenters. The standard InChI is InChI=1S/C29H26F3NO5/c1-3-4-7-19-9-11-20(12-10-19)33-25(34)17-36-21-13-14-23-24(16-21)38-28(29(30,31)32)27(26(23)35)37-22-8-5-6-18(2)15-22/h5-6,8-16H,3-4,7,17H2,1-2H3,(H,33,34). The number of anilines is 1. The van der Waals surface area contributed by atoms with E-state index in [1.807, 2.05) is 12.1 Å². The monoisotopic (exact) mass is 525 g/mol. The quantitative estimate of drug-likeness (QED) is 0.249. The molecule has 3 aromatic carbocycles. The van der Waals surface area contributed by atoms with Crippen LogP contribution in [0.3, 0.4) is 0 Å². The molecule has 0 atom stereocenters. The first-order valence-corrected chi connectivity index (χ1v) is 12.1. The van der Waals surface area contributed by atoms with Crippen molar-refractivity contribution in [2.75, 3.05) is 11.9 Å². The predicted molar refractivity (Wildman–Crippen MR) is 138 cm³/mol. The molecule has 0 aliphatic heterocycles. The molecule has 38 heavy (non-hydrogen) atoms. The highest BCUT2D eigenvalue weighted by molar-refractivity contribution is 5.92. The minimum absolute atomic E-state index is 0.0613. The Kier molecular flexibility index (Phi) is 8.05. The van der Waals surface area contributed by atoms with Gasteiger partial charge in [-0.15, -0.1) is 0 Å². The van der Waals surface area contributed by atoms with Crippen molar-refractivity contribution >= 4 is 22.6 Å². The van der Waals surface area contributed by atoms with Crippen LogP contribution in [0.5, 0.6) is 17.2 Å². The van der Waals surface area contributed by atoms with Gasteiger partial charge < -0.3 is 19.2 Å². The summed E-state index contributed by atoms with van der Waals surface area (Å²) in [7, 11) is 0. The molecular formula is C29H26F3NO5. The van der Waals surface area contributed by atoms with Crippen molar-refractivity contribution in [1.29, 1.82) is 0 Å². The van der Waals surface area contributed by atoms with Gasteiger partial charge in [-0.05, 0) is 67.3 Å². The number of carbonyl (C=O) groups excluding carboxylic acids is 1. The van der Waals surface area contributed by atoms with E-state index >= 15 is 0 Å². The van der Waals surface area contributed by atoms with Crippen molar-refractivity contribution in [3.05, 3.63) is 93.8 Å². The Bertz CT molecular complexity index is 1490. The number of fused-ring (bicyclic) bond motifs is 1. The Balaban J connectivity index is 1.51. The number of hydrogen-bond acceptors (Lipinski definition) is 5. The summed E-state index contributed by atoms with van der Waals surface area (Å²) in [6.45, 7) is 3.46. The maximum Gasteiger partial charge on any atom is 0.453 e. The highest BCUT2D eigenvalue weighted by atomic mass is 19.4. The largest absolute Gasteiger partial charge is 0.484 e. The average Bonchev–Trinajstić information content (AvgIpc) is 2.88. The summed E-state index contributed by atoms with van der Waals surface area (Å²) < 4.78 is 57.2. The molecule has 0 radical (unpaired) electrons. The van der Waals surface area contributed by atoms with E-state index in [4.69, 9.17) is 13.9 Å². The van der Waals surface area contributed by atoms with Gasteiger partial charge in [0.15, 0.2) is 6.61 Å². The number of hydrogen-bond donors (Lipinski definition) is 1. The lowest BCUT2D eigenvalue weighted by Crippen LogP contribution is -2.20. The Morgan fingerprint density at radius 1 is 1.00 bits per heavy atom. The number of amides is 1. The summed E-state index contributed by atoms with van der Waals surface area (Å²) in [5.41, 5.74) is 1.19. The van der Waals surface area contributed by atoms with E-state index < -0.39 is 35.6 Å². The Hall–Kier alpha value is -4.27. The van der Waals surface area contributed by atoms with Crippen molar-refractivity contribution in [2.24, 2.45) is 0 Å². The van der Waals surface area contributed by atoms with Crippen LogP contribution >= 0.6 is 0 Å². The lowest BCUT2D eigenvalue weighted by Gasteiger charge is -2.14. The number of ether oxygens (including phenoxy) is 2. The molecule has 0 saturated heterocycles. The summed E-state index contributed by atoms with van der Waals surface area (Å²) in [5.74, 6) is -2.83. The van der Waals surface area contributed by atoms with E-state index in [9.17, 15) is 22.8 Å². The molecule has 4 aromatic rings. The molecule has 198 valence electrons. The van der Waals surface area contributed by atoms with Crippen molar-refractivity contribution in [1.82, 2.24) is 0 Å². The van der Waals surface area contributed by atoms with Crippen LogP contribution in [0.1, 0.15) is 36.7 Å². The van der Waals surface area contributed by atoms with E-state index in [0.717, 1.165) is 30.9 Å². The summed E-state index contributed by atoms with van der Waals surface area (Å²) in [5, 5.41) is 2.58. The maximum absolute atomic E-state index is 13.8. The van der Waals surface area contributed by atoms with Gasteiger partial charge in [0.2, 0.25) is 11.2 Å². The van der Waals surface area contributed by atoms with Crippen molar-refractivity contribution < 1.29 is 31.9 Å². The van der Waals surface area contributed by atoms with Gasteiger partial charge >= 0.3 is 6.18 Å². The lowest BCUT2D eigenvalue weighted by molar-refractivity contribution is -0.154. The van der Waals surface area contributed by atoms with Crippen LogP contribution in [0, 0.1) is 6.92 Å². The van der Waals surface area contributed by atoms with Gasteiger partial charge in [-0.25, -0.2) is 0 Å². The molecule has 9 heteroatoms. The molecule has 6 nitrogen and oxygen atoms in total. The van der Waals surface area contributed by atoms with Gasteiger partial charge in [0.05, 0.1) is 5.39 Å². The number of halogens is 3. The van der Waals surface area contributed by atoms with Gasteiger partial charge in [-0.2, -0.15) is 13.2 Å². The SMILES string of the molecule is CCCCc1ccc(NC(=O)COc2ccc3c(=O)c(Oc4cccc(C)c4)c(C(F)(F)F)oc3c2)cc1. The number of aryl methyl sites for hydroxylation is 2. The Morgan fingerprint density at radius 2 is 1.76 bits per heavy atom. The van der Waals surface area contributed by atoms with Crippen LogP contribution in [-0.2, 0) is 17.4 Å². The fourth-order valence-corrected chi connectivity index (χ4v) is 3.80. The number of unbranched alkanes of at least 4 members (excludes halogenated alkanes) is 1. The van der Waals surface area contributed by atoms with Crippen LogP contribution in [0.4, 0.5) is 18.9 Å². The third-order valence-corrected chi connectivity index (χ3v) is 5.72. The smallest absolute Gasteiger partial charge is 0.453 e. The first-order valence-electron chi connectivity index (χ1n) is 12.1. The lowest BCUT2D eigenvalue weighted by atomic mass is 10.1. The van der Waals surface area contributed by atoms with Gasteiger partial charge in [-0.1, -0.05) is 37.6 Å². The van der Waals surface area contributed by atoms with Gasteiger partial charge in [0.1, 0.15) is 17.1 Å². The second kappa shape index (κ2) is 11.4. The molecule has 0 fully saturated rings. The first kappa shape index (κ1) is 26.8. The number of benzene rings is 3. The normalized spacial score (nSPS) is 11.4. The maximum atomic E-state index is 13.8. The van der Waals surface area contributed by atoms with Crippen molar-refractivity contribution in [3.63, 3.8) is 0 Å². The minimum Gasteiger partial charge on any atom is -0.484 e. The number of alkyl halides is 3. The highest BCUT2D eigenvalue weighted by Crippen LogP contribution is 2.38. The summed E-state index contributed by atoms with van der Waals surface area (Å²) >= 11 is 0. The van der Waals surface area contributed by atoms with Crippen LogP contribution in [-0.4, -0.2) is 12.5 Å². The molecule has 4 rings (SSSR count). The van der Waals surface area contributed by atoms with Crippen LogP contribution < -0.4 is 20.2 Å². The van der Waals surface area contributed by atoms with Gasteiger partial charge in [-0.3, -0.25) is 9.59 Å². The van der Waals surface area contributed by atoms with Crippen LogP contribution in [0.2, 0.25) is 0 Å². The number of nitrogens with one attached hydrogen (secondary N) is 1. The molecular weight excluding hydrogens is 499 g/mol. The third kappa shape index (κ3) is 6.53. The molecule has 1 aromatic heterocycles. The number of rotatable bonds is 9. The fraction of sp³-hybridized carbons (Fsp3) is 0.241. The van der Waals surface area contributed by atoms with Gasteiger partial charge in [0, 0.05) is 11.8 Å². The summed E-state index contributed by atoms with van der Waals surface area (Å²) in [6.07, 6.45) is -1.86. The number of carbonyl (C=O) groups is 1. The first-order chi connectivity index (χ1) is 18.1. The van der Waals surface area contributed by atoms with E-state index in [1.165, 1.54) is 29.8 Å². The Morgan fingerprint density at radius 3 is 2.45 bits per heavy atom. The zero-order valence-electron chi connectivity index (χ0n) is 20.9. The van der Waals surface area contributed by atoms with E-state index in [2.05, 4.69) is 12.2 Å². The molecule has 1 N–H and O–H groups in total. The second-order valence-electron chi connectivity index (χ2n) is 8.80. The molecule has 0 saturated carbocycles. The topological polar surface area (TPSA) is 77.8 Å². The van der Waals surface area contributed by atoms with E-state index in [0.29, 0.717) is 5.69 Å². The molecule has 0 aliphatic carbocycles. The fourth-order valence-electron chi connectivity index (χ4n) is 3.80. The molecule has 0 aliphatic rings. The molecule has 1 heterocycles. The summed E-state index contributed by atoms with van der Waals surface area (Å²) in [6, 6.07) is 17.5. The van der Waals surface area contributed by atoms with E-state index in [-0.39, 0.29) is 22.5 Å². The highest BCUT2D eigenvalue weighted by Gasteiger charge is 2.40. The van der Waals surface area contributed by atoms with Crippen LogP contribution in [0.15, 0.2) is 75.9 Å². The Labute approximate surface area is 217 Å². The predicted octanol–water partition coefficient (Wildman–Crippen LogP) is 7.27. The molecule has 0 spiro atoms.